The summed E-state index contributed by atoms with van der Waals surface area (Å²) >= 11 is 3.72. The number of nitrogens with zero attached hydrogens (tertiary/aromatic N) is 2. The Morgan fingerprint density at radius 1 is 1.50 bits per heavy atom. The predicted octanol–water partition coefficient (Wildman–Crippen LogP) is 2.92. The summed E-state index contributed by atoms with van der Waals surface area (Å²) in [5.41, 5.74) is 2.50. The molecule has 1 aliphatic carbocycles. The molecule has 4 heteroatoms. The summed E-state index contributed by atoms with van der Waals surface area (Å²) in [4.78, 5) is 0. The van der Waals surface area contributed by atoms with E-state index in [1.807, 2.05) is 4.68 Å². The molecule has 1 aromatic heterocycles. The highest BCUT2D eigenvalue weighted by Gasteiger charge is 2.39. The largest absolute Gasteiger partial charge is 0.314 e. The molecule has 1 N–H and O–H groups in total. The van der Waals surface area contributed by atoms with E-state index in [1.165, 1.54) is 22.3 Å². The molecule has 1 heterocycles. The molecule has 0 saturated heterocycles. The van der Waals surface area contributed by atoms with Gasteiger partial charge in [-0.3, -0.25) is 4.68 Å². The molecule has 0 spiro atoms. The van der Waals surface area contributed by atoms with Crippen molar-refractivity contribution >= 4 is 15.9 Å². The minimum Gasteiger partial charge on any atom is -0.314 e. The molecule has 0 radical (unpaired) electrons. The van der Waals surface area contributed by atoms with Gasteiger partial charge in [0.2, 0.25) is 0 Å². The SMILES string of the molecule is CCNC(Cc1c(Br)c(CC)nn1C)C1CC1C. The first-order valence-electron chi connectivity index (χ1n) is 7.02. The fourth-order valence-corrected chi connectivity index (χ4v) is 3.58. The number of aromatic nitrogens is 2. The van der Waals surface area contributed by atoms with Crippen LogP contribution in [0.4, 0.5) is 0 Å². The Morgan fingerprint density at radius 3 is 2.61 bits per heavy atom. The molecule has 0 aliphatic heterocycles. The zero-order valence-corrected chi connectivity index (χ0v) is 13.4. The summed E-state index contributed by atoms with van der Waals surface area (Å²) in [5.74, 6) is 1.73. The summed E-state index contributed by atoms with van der Waals surface area (Å²) in [6.45, 7) is 7.74. The molecule has 1 saturated carbocycles. The van der Waals surface area contributed by atoms with Crippen molar-refractivity contribution in [2.24, 2.45) is 18.9 Å². The molecule has 102 valence electrons. The maximum atomic E-state index is 4.58. The maximum Gasteiger partial charge on any atom is 0.0766 e. The summed E-state index contributed by atoms with van der Waals surface area (Å²) in [7, 11) is 2.05. The Bertz CT molecular complexity index is 413. The predicted molar refractivity (Wildman–Crippen MR) is 78.7 cm³/mol. The Kier molecular flexibility index (Phi) is 4.49. The third-order valence-electron chi connectivity index (χ3n) is 4.07. The normalized spacial score (nSPS) is 24.3. The van der Waals surface area contributed by atoms with Crippen LogP contribution in [0, 0.1) is 11.8 Å². The molecule has 3 nitrogen and oxygen atoms in total. The van der Waals surface area contributed by atoms with Crippen LogP contribution in [0.25, 0.3) is 0 Å². The minimum atomic E-state index is 0.599. The summed E-state index contributed by atoms with van der Waals surface area (Å²) < 4.78 is 3.25. The number of rotatable bonds is 6. The first-order chi connectivity index (χ1) is 8.58. The van der Waals surface area contributed by atoms with Gasteiger partial charge in [0.1, 0.15) is 0 Å². The summed E-state index contributed by atoms with van der Waals surface area (Å²) in [5, 5.41) is 8.23. The van der Waals surface area contributed by atoms with Gasteiger partial charge in [0.15, 0.2) is 0 Å². The zero-order valence-electron chi connectivity index (χ0n) is 11.8. The summed E-state index contributed by atoms with van der Waals surface area (Å²) in [6.07, 6.45) is 3.43. The van der Waals surface area contributed by atoms with Crippen molar-refractivity contribution in [3.05, 3.63) is 15.9 Å². The molecule has 0 bridgehead atoms. The van der Waals surface area contributed by atoms with Crippen LogP contribution in [-0.4, -0.2) is 22.4 Å². The molecule has 2 rings (SSSR count). The van der Waals surface area contributed by atoms with Crippen molar-refractivity contribution < 1.29 is 0 Å². The van der Waals surface area contributed by atoms with Gasteiger partial charge in [0.25, 0.3) is 0 Å². The van der Waals surface area contributed by atoms with E-state index in [4.69, 9.17) is 0 Å². The molecular formula is C14H24BrN3. The van der Waals surface area contributed by atoms with Crippen LogP contribution in [0.5, 0.6) is 0 Å². The van der Waals surface area contributed by atoms with Crippen molar-refractivity contribution in [2.75, 3.05) is 6.54 Å². The number of aryl methyl sites for hydroxylation is 2. The topological polar surface area (TPSA) is 29.9 Å². The Labute approximate surface area is 118 Å². The van der Waals surface area contributed by atoms with Crippen LogP contribution >= 0.6 is 15.9 Å². The van der Waals surface area contributed by atoms with Crippen LogP contribution in [0.15, 0.2) is 4.47 Å². The van der Waals surface area contributed by atoms with Gasteiger partial charge < -0.3 is 5.32 Å². The zero-order chi connectivity index (χ0) is 13.3. The average Bonchev–Trinajstić information content (AvgIpc) is 3.00. The van der Waals surface area contributed by atoms with Gasteiger partial charge in [0, 0.05) is 19.5 Å². The maximum absolute atomic E-state index is 4.58. The molecule has 1 aliphatic rings. The highest BCUT2D eigenvalue weighted by atomic mass is 79.9. The molecule has 0 aromatic carbocycles. The van der Waals surface area contributed by atoms with Crippen LogP contribution in [-0.2, 0) is 19.9 Å². The third-order valence-corrected chi connectivity index (χ3v) is 4.99. The van der Waals surface area contributed by atoms with Gasteiger partial charge >= 0.3 is 0 Å². The lowest BCUT2D eigenvalue weighted by molar-refractivity contribution is 0.443. The monoisotopic (exact) mass is 313 g/mol. The molecule has 1 fully saturated rings. The highest BCUT2D eigenvalue weighted by molar-refractivity contribution is 9.10. The van der Waals surface area contributed by atoms with E-state index in [-0.39, 0.29) is 0 Å². The third kappa shape index (κ3) is 2.80. The van der Waals surface area contributed by atoms with Gasteiger partial charge in [0.05, 0.1) is 15.9 Å². The first-order valence-corrected chi connectivity index (χ1v) is 7.81. The van der Waals surface area contributed by atoms with Crippen LogP contribution in [0.1, 0.15) is 38.6 Å². The van der Waals surface area contributed by atoms with Gasteiger partial charge in [-0.2, -0.15) is 5.10 Å². The smallest absolute Gasteiger partial charge is 0.0766 e. The van der Waals surface area contributed by atoms with Crippen molar-refractivity contribution in [2.45, 2.75) is 46.1 Å². The van der Waals surface area contributed by atoms with Crippen molar-refractivity contribution in [1.82, 2.24) is 15.1 Å². The lowest BCUT2D eigenvalue weighted by Gasteiger charge is -2.18. The molecular weight excluding hydrogens is 290 g/mol. The van der Waals surface area contributed by atoms with Gasteiger partial charge in [-0.05, 0) is 47.2 Å². The van der Waals surface area contributed by atoms with E-state index in [0.29, 0.717) is 6.04 Å². The minimum absolute atomic E-state index is 0.599. The Balaban J connectivity index is 2.13. The van der Waals surface area contributed by atoms with E-state index in [2.05, 4.69) is 54.2 Å². The van der Waals surface area contributed by atoms with Crippen molar-refractivity contribution in [3.63, 3.8) is 0 Å². The summed E-state index contributed by atoms with van der Waals surface area (Å²) in [6, 6.07) is 0.599. The van der Waals surface area contributed by atoms with E-state index >= 15 is 0 Å². The van der Waals surface area contributed by atoms with E-state index in [1.54, 1.807) is 0 Å². The van der Waals surface area contributed by atoms with E-state index in [0.717, 1.165) is 31.2 Å². The molecule has 18 heavy (non-hydrogen) atoms. The van der Waals surface area contributed by atoms with Gasteiger partial charge in [-0.15, -0.1) is 0 Å². The van der Waals surface area contributed by atoms with Crippen LogP contribution in [0.3, 0.4) is 0 Å². The second kappa shape index (κ2) is 5.74. The average molecular weight is 314 g/mol. The Morgan fingerprint density at radius 2 is 2.17 bits per heavy atom. The lowest BCUT2D eigenvalue weighted by Crippen LogP contribution is -2.34. The number of likely N-dealkylation sites (N-methyl/N-ethyl adjacent to an activating group) is 1. The second-order valence-electron chi connectivity index (χ2n) is 5.43. The quantitative estimate of drug-likeness (QED) is 0.875. The number of halogens is 1. The van der Waals surface area contributed by atoms with Crippen LogP contribution in [0.2, 0.25) is 0 Å². The molecule has 1 aromatic rings. The Hall–Kier alpha value is -0.350. The van der Waals surface area contributed by atoms with Crippen molar-refractivity contribution in [1.29, 1.82) is 0 Å². The first kappa shape index (κ1) is 14.1. The fourth-order valence-electron chi connectivity index (χ4n) is 2.80. The number of hydrogen-bond donors (Lipinski definition) is 1. The molecule has 3 atom stereocenters. The van der Waals surface area contributed by atoms with Gasteiger partial charge in [-0.1, -0.05) is 20.8 Å². The standard InChI is InChI=1S/C14H24BrN3/c1-5-11-14(15)13(18(4)17-11)8-12(16-6-2)10-7-9(10)3/h9-10,12,16H,5-8H2,1-4H3. The van der Waals surface area contributed by atoms with Crippen LogP contribution < -0.4 is 5.32 Å². The van der Waals surface area contributed by atoms with Gasteiger partial charge in [-0.25, -0.2) is 0 Å². The van der Waals surface area contributed by atoms with Crippen molar-refractivity contribution in [3.8, 4) is 0 Å². The van der Waals surface area contributed by atoms with E-state index in [9.17, 15) is 0 Å². The number of hydrogen-bond acceptors (Lipinski definition) is 2. The molecule has 0 amide bonds. The molecule has 3 unspecified atom stereocenters. The second-order valence-corrected chi connectivity index (χ2v) is 6.22. The van der Waals surface area contributed by atoms with E-state index < -0.39 is 0 Å². The fraction of sp³-hybridized carbons (Fsp3) is 0.786. The number of nitrogens with one attached hydrogen (secondary N) is 1. The highest BCUT2D eigenvalue weighted by Crippen LogP contribution is 2.42. The lowest BCUT2D eigenvalue weighted by atomic mass is 10.0.